The minimum absolute atomic E-state index is 0. The number of unbranched alkanes of at least 4 members (excludes halogenated alkanes) is 13. The molecule has 2 nitrogen and oxygen atoms in total. The number of hydrogen-bond acceptors (Lipinski definition) is 1. The van der Waals surface area contributed by atoms with Crippen LogP contribution >= 0.6 is 0 Å². The topological polar surface area (TPSA) is 37.3 Å². The molecule has 0 atom stereocenters. The van der Waals surface area contributed by atoms with Crippen molar-refractivity contribution in [2.24, 2.45) is 0 Å². The van der Waals surface area contributed by atoms with Crippen molar-refractivity contribution in [3.05, 3.63) is 0 Å². The first-order valence-electron chi connectivity index (χ1n) is 8.49. The smallest absolute Gasteiger partial charge is 0.303 e. The van der Waals surface area contributed by atoms with Crippen molar-refractivity contribution in [3.63, 3.8) is 0 Å². The summed E-state index contributed by atoms with van der Waals surface area (Å²) in [6, 6.07) is 0. The largest absolute Gasteiger partial charge is 0.481 e. The molecule has 3 heteroatoms. The van der Waals surface area contributed by atoms with E-state index >= 15 is 0 Å². The molecule has 0 heterocycles. The van der Waals surface area contributed by atoms with Crippen molar-refractivity contribution in [2.45, 2.75) is 103 Å². The summed E-state index contributed by atoms with van der Waals surface area (Å²) in [7, 11) is 0. The molecule has 20 heavy (non-hydrogen) atoms. The minimum Gasteiger partial charge on any atom is -0.481 e. The maximum Gasteiger partial charge on any atom is 0.303 e. The summed E-state index contributed by atoms with van der Waals surface area (Å²) < 4.78 is 0. The molecule has 0 rings (SSSR count). The fourth-order valence-electron chi connectivity index (χ4n) is 2.47. The van der Waals surface area contributed by atoms with Gasteiger partial charge in [-0.05, 0) is 6.42 Å². The van der Waals surface area contributed by atoms with E-state index < -0.39 is 5.97 Å². The zero-order chi connectivity index (χ0) is 14.2. The summed E-state index contributed by atoms with van der Waals surface area (Å²) in [4.78, 5) is 10.3. The Morgan fingerprint density at radius 1 is 0.650 bits per heavy atom. The second-order valence-corrected chi connectivity index (χ2v) is 5.74. The van der Waals surface area contributed by atoms with E-state index in [-0.39, 0.29) is 17.1 Å². The van der Waals surface area contributed by atoms with E-state index in [4.69, 9.17) is 5.11 Å². The van der Waals surface area contributed by atoms with Gasteiger partial charge in [-0.15, -0.1) is 0 Å². The quantitative estimate of drug-likeness (QED) is 0.299. The van der Waals surface area contributed by atoms with Gasteiger partial charge in [0, 0.05) is 23.5 Å². The molecule has 0 spiro atoms. The average Bonchev–Trinajstić information content (AvgIpc) is 2.39. The molecule has 0 aromatic carbocycles. The molecular formula is C17H34FeO2. The van der Waals surface area contributed by atoms with Gasteiger partial charge in [0.05, 0.1) is 0 Å². The summed E-state index contributed by atoms with van der Waals surface area (Å²) in [5, 5.41) is 8.50. The van der Waals surface area contributed by atoms with E-state index in [0.717, 1.165) is 12.8 Å². The predicted octanol–water partition coefficient (Wildman–Crippen LogP) is 5.94. The fourth-order valence-corrected chi connectivity index (χ4v) is 2.47. The van der Waals surface area contributed by atoms with Gasteiger partial charge in [-0.3, -0.25) is 4.79 Å². The van der Waals surface area contributed by atoms with E-state index in [2.05, 4.69) is 6.92 Å². The third-order valence-corrected chi connectivity index (χ3v) is 3.74. The molecule has 0 saturated carbocycles. The summed E-state index contributed by atoms with van der Waals surface area (Å²) in [6.45, 7) is 2.27. The van der Waals surface area contributed by atoms with Crippen LogP contribution in [0.3, 0.4) is 0 Å². The molecule has 0 aromatic rings. The van der Waals surface area contributed by atoms with Gasteiger partial charge in [-0.1, -0.05) is 90.4 Å². The molecule has 0 aliphatic heterocycles. The van der Waals surface area contributed by atoms with Crippen molar-refractivity contribution in [2.75, 3.05) is 0 Å². The third-order valence-electron chi connectivity index (χ3n) is 3.74. The maximum absolute atomic E-state index is 10.3. The van der Waals surface area contributed by atoms with Crippen LogP contribution in [0.4, 0.5) is 0 Å². The Morgan fingerprint density at radius 2 is 0.950 bits per heavy atom. The van der Waals surface area contributed by atoms with E-state index in [9.17, 15) is 4.79 Å². The Bertz CT molecular complexity index is 195. The molecule has 0 radical (unpaired) electrons. The molecule has 0 bridgehead atoms. The van der Waals surface area contributed by atoms with Gasteiger partial charge in [0.1, 0.15) is 0 Å². The van der Waals surface area contributed by atoms with Gasteiger partial charge in [0.2, 0.25) is 0 Å². The van der Waals surface area contributed by atoms with Gasteiger partial charge in [-0.25, -0.2) is 0 Å². The van der Waals surface area contributed by atoms with Gasteiger partial charge < -0.3 is 5.11 Å². The Balaban J connectivity index is 0. The standard InChI is InChI=1S/C17H34O2.Fe/c1-2-3-4-5-6-7-8-9-10-11-12-13-14-15-16-17(18)19;/h2-16H2,1H3,(H,18,19);. The van der Waals surface area contributed by atoms with Crippen LogP contribution in [0, 0.1) is 0 Å². The van der Waals surface area contributed by atoms with Crippen molar-refractivity contribution >= 4 is 5.97 Å². The summed E-state index contributed by atoms with van der Waals surface area (Å²) in [5.74, 6) is -0.654. The number of carboxylic acid groups (broad SMARTS) is 1. The van der Waals surface area contributed by atoms with Crippen molar-refractivity contribution in [3.8, 4) is 0 Å². The second kappa shape index (κ2) is 19.0. The zero-order valence-electron chi connectivity index (χ0n) is 13.3. The number of rotatable bonds is 15. The van der Waals surface area contributed by atoms with Gasteiger partial charge in [0.25, 0.3) is 0 Å². The van der Waals surface area contributed by atoms with Crippen LogP contribution in [-0.4, -0.2) is 11.1 Å². The van der Waals surface area contributed by atoms with Crippen LogP contribution in [0.2, 0.25) is 0 Å². The second-order valence-electron chi connectivity index (χ2n) is 5.74. The van der Waals surface area contributed by atoms with Crippen LogP contribution in [0.1, 0.15) is 103 Å². The normalized spacial score (nSPS) is 10.2. The van der Waals surface area contributed by atoms with Crippen LogP contribution in [0.25, 0.3) is 0 Å². The molecular weight excluding hydrogens is 292 g/mol. The van der Waals surface area contributed by atoms with Crippen LogP contribution in [0.5, 0.6) is 0 Å². The Kier molecular flexibility index (Phi) is 21.1. The molecule has 0 amide bonds. The van der Waals surface area contributed by atoms with Crippen molar-refractivity contribution < 1.29 is 27.0 Å². The maximum atomic E-state index is 10.3. The monoisotopic (exact) mass is 326 g/mol. The van der Waals surface area contributed by atoms with Crippen LogP contribution in [0.15, 0.2) is 0 Å². The van der Waals surface area contributed by atoms with Gasteiger partial charge in [-0.2, -0.15) is 0 Å². The van der Waals surface area contributed by atoms with Crippen molar-refractivity contribution in [1.29, 1.82) is 0 Å². The number of carbonyl (C=O) groups is 1. The predicted molar refractivity (Wildman–Crippen MR) is 82.6 cm³/mol. The molecule has 0 aromatic heterocycles. The average molecular weight is 326 g/mol. The molecule has 0 aliphatic carbocycles. The summed E-state index contributed by atoms with van der Waals surface area (Å²) in [5.41, 5.74) is 0. The molecule has 122 valence electrons. The summed E-state index contributed by atoms with van der Waals surface area (Å²) in [6.07, 6.45) is 18.7. The first-order valence-corrected chi connectivity index (χ1v) is 8.49. The number of carboxylic acids is 1. The Morgan fingerprint density at radius 3 is 1.25 bits per heavy atom. The SMILES string of the molecule is CCCCCCCCCCCCCCCCC(=O)O.[Fe]. The number of aliphatic carboxylic acids is 1. The van der Waals surface area contributed by atoms with Crippen molar-refractivity contribution in [1.82, 2.24) is 0 Å². The zero-order valence-corrected chi connectivity index (χ0v) is 14.4. The van der Waals surface area contributed by atoms with E-state index in [1.165, 1.54) is 77.0 Å². The minimum atomic E-state index is -0.654. The van der Waals surface area contributed by atoms with E-state index in [1.54, 1.807) is 0 Å². The van der Waals surface area contributed by atoms with Crippen LogP contribution < -0.4 is 0 Å². The Hall–Kier alpha value is -0.0105. The fraction of sp³-hybridized carbons (Fsp3) is 0.941. The van der Waals surface area contributed by atoms with E-state index in [0.29, 0.717) is 6.42 Å². The Labute approximate surface area is 136 Å². The van der Waals surface area contributed by atoms with E-state index in [1.807, 2.05) is 0 Å². The van der Waals surface area contributed by atoms with Gasteiger partial charge in [0.15, 0.2) is 0 Å². The molecule has 0 aliphatic rings. The molecule has 1 N–H and O–H groups in total. The molecule has 0 saturated heterocycles. The first kappa shape index (κ1) is 22.3. The number of hydrogen-bond donors (Lipinski definition) is 1. The molecule has 0 unspecified atom stereocenters. The molecule has 0 fully saturated rings. The summed E-state index contributed by atoms with van der Waals surface area (Å²) >= 11 is 0. The first-order chi connectivity index (χ1) is 9.27. The van der Waals surface area contributed by atoms with Crippen LogP contribution in [-0.2, 0) is 21.9 Å². The van der Waals surface area contributed by atoms with Gasteiger partial charge >= 0.3 is 5.97 Å². The third kappa shape index (κ3) is 20.3.